The Labute approximate surface area is 258 Å². The van der Waals surface area contributed by atoms with E-state index in [4.69, 9.17) is 17.0 Å². The summed E-state index contributed by atoms with van der Waals surface area (Å²) in [5.41, 5.74) is 5.86. The normalized spacial score (nSPS) is 45.5. The number of hydrogen-bond donors (Lipinski definition) is 3. The van der Waals surface area contributed by atoms with Crippen LogP contribution in [0.2, 0.25) is 0 Å². The first kappa shape index (κ1) is 31.5. The Morgan fingerprint density at radius 1 is 0.929 bits per heavy atom. The second kappa shape index (κ2) is 10.0. The minimum atomic E-state index is -0.552. The van der Waals surface area contributed by atoms with Crippen LogP contribution >= 0.6 is 12.2 Å². The molecule has 0 heterocycles. The topological polar surface area (TPSA) is 96.5 Å². The Hall–Kier alpha value is -1.96. The van der Waals surface area contributed by atoms with E-state index in [1.807, 2.05) is 0 Å². The number of carbonyl (C=O) groups excluding carboxylic acids is 3. The maximum Gasteiger partial charge on any atom is 0.302 e. The molecule has 1 amide bonds. The van der Waals surface area contributed by atoms with Crippen LogP contribution in [0.1, 0.15) is 113 Å². The molecule has 5 aliphatic carbocycles. The summed E-state index contributed by atoms with van der Waals surface area (Å²) in [6, 6.07) is 0. The number of amides is 1. The Morgan fingerprint density at radius 3 is 2.24 bits per heavy atom. The lowest BCUT2D eigenvalue weighted by atomic mass is 9.33. The Bertz CT molecular complexity index is 1230. The highest BCUT2D eigenvalue weighted by Crippen LogP contribution is 2.75. The molecule has 0 aromatic heterocycles. The molecule has 42 heavy (non-hydrogen) atoms. The molecule has 0 unspecified atom stereocenters. The SMILES string of the molecule is CNC(=S)NNC(=O)[C@@]1(C)CC[C@]2(C)CC[C@]3(C)C(=CC(=O)[C@@H]4[C@@]5(C)CC[C@H](OC(C)=O)C(C)(C)[C@@H]5CC[C@]43C)[C@@H]2C1. The quantitative estimate of drug-likeness (QED) is 0.203. The monoisotopic (exact) mass is 599 g/mol. The number of hydrazine groups is 1. The summed E-state index contributed by atoms with van der Waals surface area (Å²) in [7, 11) is 1.72. The zero-order chi connectivity index (χ0) is 31.1. The van der Waals surface area contributed by atoms with Crippen molar-refractivity contribution in [3.8, 4) is 0 Å². The molecule has 3 N–H and O–H groups in total. The van der Waals surface area contributed by atoms with Crippen LogP contribution in [-0.4, -0.2) is 35.9 Å². The summed E-state index contributed by atoms with van der Waals surface area (Å²) in [6.07, 6.45) is 10.4. The van der Waals surface area contributed by atoms with Gasteiger partial charge in [0.15, 0.2) is 10.9 Å². The van der Waals surface area contributed by atoms with Crippen molar-refractivity contribution in [1.82, 2.24) is 16.2 Å². The first-order valence-corrected chi connectivity index (χ1v) is 16.5. The second-order valence-corrected chi connectivity index (χ2v) is 16.8. The van der Waals surface area contributed by atoms with Crippen LogP contribution in [0.5, 0.6) is 0 Å². The predicted molar refractivity (Wildman–Crippen MR) is 168 cm³/mol. The standard InChI is InChI=1S/C34H53N3O4S/c1-20(38)41-25-11-12-32(6)24(29(25,2)3)10-13-34(8)26(32)23(39)18-21-22-19-31(5,27(40)36-37-28(42)35-9)15-14-30(22,4)16-17-33(21,34)7/h18,22,24-26H,10-17,19H2,1-9H3,(H,36,40)(H2,35,37,42)/t22-,24-,25-,26+,30+,31-,32-,33+,34+/m0/s1. The van der Waals surface area contributed by atoms with E-state index in [9.17, 15) is 14.4 Å². The van der Waals surface area contributed by atoms with Gasteiger partial charge in [-0.15, -0.1) is 0 Å². The number of ketones is 1. The highest BCUT2D eigenvalue weighted by atomic mass is 32.1. The summed E-state index contributed by atoms with van der Waals surface area (Å²) >= 11 is 5.18. The molecule has 4 saturated carbocycles. The van der Waals surface area contributed by atoms with Gasteiger partial charge >= 0.3 is 5.97 Å². The molecular formula is C34H53N3O4S. The number of allylic oxidation sites excluding steroid dienone is 2. The zero-order valence-corrected chi connectivity index (χ0v) is 28.1. The van der Waals surface area contributed by atoms with Gasteiger partial charge < -0.3 is 10.1 Å². The third kappa shape index (κ3) is 4.39. The minimum absolute atomic E-state index is 0.0407. The smallest absolute Gasteiger partial charge is 0.302 e. The fraction of sp³-hybridized carbons (Fsp3) is 0.824. The molecule has 0 saturated heterocycles. The van der Waals surface area contributed by atoms with Crippen molar-refractivity contribution < 1.29 is 19.1 Å². The van der Waals surface area contributed by atoms with Gasteiger partial charge in [0.25, 0.3) is 0 Å². The van der Waals surface area contributed by atoms with Crippen LogP contribution in [0.3, 0.4) is 0 Å². The van der Waals surface area contributed by atoms with E-state index in [2.05, 4.69) is 70.7 Å². The van der Waals surface area contributed by atoms with Gasteiger partial charge in [0, 0.05) is 30.7 Å². The number of carbonyl (C=O) groups is 3. The first-order valence-electron chi connectivity index (χ1n) is 16.1. The molecule has 9 atom stereocenters. The molecule has 5 rings (SSSR count). The number of thiocarbonyl (C=S) groups is 1. The predicted octanol–water partition coefficient (Wildman–Crippen LogP) is 6.02. The van der Waals surface area contributed by atoms with Crippen LogP contribution in [0.25, 0.3) is 0 Å². The Kier molecular flexibility index (Phi) is 7.52. The van der Waals surface area contributed by atoms with Crippen molar-refractivity contribution in [3.63, 3.8) is 0 Å². The lowest BCUT2D eigenvalue weighted by Crippen LogP contribution is -2.67. The Balaban J connectivity index is 1.50. The minimum Gasteiger partial charge on any atom is -0.462 e. The number of rotatable bonds is 2. The fourth-order valence-electron chi connectivity index (χ4n) is 11.1. The van der Waals surface area contributed by atoms with Crippen LogP contribution in [-0.2, 0) is 19.1 Å². The number of fused-ring (bicyclic) bond motifs is 7. The van der Waals surface area contributed by atoms with Crippen molar-refractivity contribution in [2.45, 2.75) is 119 Å². The first-order chi connectivity index (χ1) is 19.4. The van der Waals surface area contributed by atoms with Crippen molar-refractivity contribution in [2.75, 3.05) is 7.05 Å². The van der Waals surface area contributed by atoms with Gasteiger partial charge in [0.2, 0.25) is 5.91 Å². The molecule has 0 radical (unpaired) electrons. The molecule has 0 aromatic rings. The maximum atomic E-state index is 14.6. The molecule has 234 valence electrons. The lowest BCUT2D eigenvalue weighted by Gasteiger charge is -2.70. The molecule has 0 bridgehead atoms. The van der Waals surface area contributed by atoms with Crippen molar-refractivity contribution >= 4 is 35.0 Å². The van der Waals surface area contributed by atoms with Gasteiger partial charge in [-0.3, -0.25) is 25.2 Å². The summed E-state index contributed by atoms with van der Waals surface area (Å²) in [4.78, 5) is 40.0. The van der Waals surface area contributed by atoms with E-state index in [-0.39, 0.29) is 62.7 Å². The van der Waals surface area contributed by atoms with E-state index in [1.165, 1.54) is 12.5 Å². The third-order valence-corrected chi connectivity index (χ3v) is 14.2. The Morgan fingerprint density at radius 2 is 1.60 bits per heavy atom. The van der Waals surface area contributed by atoms with E-state index >= 15 is 0 Å². The maximum absolute atomic E-state index is 14.6. The van der Waals surface area contributed by atoms with Gasteiger partial charge in [-0.25, -0.2) is 0 Å². The van der Waals surface area contributed by atoms with Crippen LogP contribution < -0.4 is 16.2 Å². The molecule has 0 aliphatic heterocycles. The van der Waals surface area contributed by atoms with E-state index in [1.54, 1.807) is 7.05 Å². The van der Waals surface area contributed by atoms with Crippen LogP contribution in [0, 0.1) is 50.2 Å². The third-order valence-electron chi connectivity index (χ3n) is 13.9. The van der Waals surface area contributed by atoms with Crippen LogP contribution in [0.15, 0.2) is 11.6 Å². The van der Waals surface area contributed by atoms with Gasteiger partial charge in [-0.1, -0.05) is 54.0 Å². The summed E-state index contributed by atoms with van der Waals surface area (Å²) in [6.45, 7) is 17.7. The largest absolute Gasteiger partial charge is 0.462 e. The number of hydrogen-bond acceptors (Lipinski definition) is 5. The number of esters is 1. The van der Waals surface area contributed by atoms with Gasteiger partial charge in [-0.05, 0) is 110 Å². The van der Waals surface area contributed by atoms with E-state index in [0.29, 0.717) is 11.0 Å². The van der Waals surface area contributed by atoms with Gasteiger partial charge in [0.05, 0.1) is 0 Å². The highest BCUT2D eigenvalue weighted by molar-refractivity contribution is 7.80. The average Bonchev–Trinajstić information content (AvgIpc) is 2.90. The molecule has 8 heteroatoms. The lowest BCUT2D eigenvalue weighted by molar-refractivity contribution is -0.210. The summed E-state index contributed by atoms with van der Waals surface area (Å²) in [5, 5.41) is 3.22. The number of ether oxygens (including phenoxy) is 1. The van der Waals surface area contributed by atoms with Crippen molar-refractivity contribution in [1.29, 1.82) is 0 Å². The number of nitrogens with one attached hydrogen (secondary N) is 3. The molecule has 7 nitrogen and oxygen atoms in total. The zero-order valence-electron chi connectivity index (χ0n) is 27.3. The summed E-state index contributed by atoms with van der Waals surface area (Å²) < 4.78 is 5.86. The second-order valence-electron chi connectivity index (χ2n) is 16.4. The molecule has 4 fully saturated rings. The molecule has 0 aromatic carbocycles. The van der Waals surface area contributed by atoms with Gasteiger partial charge in [0.1, 0.15) is 6.10 Å². The summed E-state index contributed by atoms with van der Waals surface area (Å²) in [5.74, 6) is 0.437. The average molecular weight is 600 g/mol. The van der Waals surface area contributed by atoms with Crippen molar-refractivity contribution in [2.24, 2.45) is 50.2 Å². The van der Waals surface area contributed by atoms with E-state index < -0.39 is 5.41 Å². The van der Waals surface area contributed by atoms with Gasteiger partial charge in [-0.2, -0.15) is 0 Å². The molecular weight excluding hydrogens is 546 g/mol. The van der Waals surface area contributed by atoms with E-state index in [0.717, 1.165) is 57.8 Å². The highest BCUT2D eigenvalue weighted by Gasteiger charge is 2.70. The fourth-order valence-corrected chi connectivity index (χ4v) is 11.2. The van der Waals surface area contributed by atoms with Crippen LogP contribution in [0.4, 0.5) is 0 Å². The molecule has 5 aliphatic rings. The van der Waals surface area contributed by atoms with Crippen molar-refractivity contribution in [3.05, 3.63) is 11.6 Å². The molecule has 0 spiro atoms.